The molecule has 0 heterocycles. The maximum atomic E-state index is 11.0. The molecule has 94 valence electrons. The molecule has 2 N–H and O–H groups in total. The van der Waals surface area contributed by atoms with Gasteiger partial charge in [-0.25, -0.2) is 0 Å². The van der Waals surface area contributed by atoms with Crippen molar-refractivity contribution in [3.63, 3.8) is 0 Å². The van der Waals surface area contributed by atoms with Crippen LogP contribution in [0.2, 0.25) is 0 Å². The van der Waals surface area contributed by atoms with E-state index in [0.29, 0.717) is 13.0 Å². The van der Waals surface area contributed by atoms with Crippen molar-refractivity contribution in [3.05, 3.63) is 35.4 Å². The van der Waals surface area contributed by atoms with E-state index in [-0.39, 0.29) is 0 Å². The summed E-state index contributed by atoms with van der Waals surface area (Å²) in [5, 5.41) is 12.2. The number of nitrogens with one attached hydrogen (secondary N) is 1. The fourth-order valence-electron chi connectivity index (χ4n) is 1.59. The average molecular weight is 253 g/mol. The second-order valence-corrected chi connectivity index (χ2v) is 4.97. The van der Waals surface area contributed by atoms with E-state index in [9.17, 15) is 4.79 Å². The number of rotatable bonds is 7. The first kappa shape index (κ1) is 14.1. The fourth-order valence-corrected chi connectivity index (χ4v) is 2.06. The Morgan fingerprint density at radius 2 is 2.18 bits per heavy atom. The van der Waals surface area contributed by atoms with Crippen LogP contribution in [0.15, 0.2) is 24.3 Å². The van der Waals surface area contributed by atoms with E-state index < -0.39 is 12.0 Å². The molecule has 0 saturated carbocycles. The van der Waals surface area contributed by atoms with Crippen molar-refractivity contribution in [2.75, 3.05) is 12.0 Å². The van der Waals surface area contributed by atoms with Gasteiger partial charge in [0.1, 0.15) is 6.04 Å². The Kier molecular flexibility index (Phi) is 6.08. The summed E-state index contributed by atoms with van der Waals surface area (Å²) in [5.41, 5.74) is 2.34. The first-order chi connectivity index (χ1) is 8.15. The van der Waals surface area contributed by atoms with Crippen molar-refractivity contribution >= 4 is 17.7 Å². The highest BCUT2D eigenvalue weighted by molar-refractivity contribution is 7.98. The van der Waals surface area contributed by atoms with E-state index >= 15 is 0 Å². The Hall–Kier alpha value is -1.00. The first-order valence-corrected chi connectivity index (χ1v) is 7.04. The Bertz CT molecular complexity index is 368. The second kappa shape index (κ2) is 7.35. The lowest BCUT2D eigenvalue weighted by molar-refractivity contribution is -0.139. The first-order valence-electron chi connectivity index (χ1n) is 5.64. The predicted molar refractivity (Wildman–Crippen MR) is 72.4 cm³/mol. The molecule has 0 aliphatic rings. The molecule has 0 fully saturated rings. The van der Waals surface area contributed by atoms with Crippen LogP contribution < -0.4 is 5.32 Å². The van der Waals surface area contributed by atoms with Crippen LogP contribution in [0, 0.1) is 6.92 Å². The van der Waals surface area contributed by atoms with Crippen LogP contribution in [0.1, 0.15) is 17.5 Å². The van der Waals surface area contributed by atoms with E-state index in [0.717, 1.165) is 11.3 Å². The van der Waals surface area contributed by atoms with E-state index in [1.807, 2.05) is 37.4 Å². The number of hydrogen-bond acceptors (Lipinski definition) is 3. The van der Waals surface area contributed by atoms with Crippen molar-refractivity contribution in [1.82, 2.24) is 5.32 Å². The molecule has 4 heteroatoms. The summed E-state index contributed by atoms with van der Waals surface area (Å²) in [6, 6.07) is 7.56. The lowest BCUT2D eigenvalue weighted by atomic mass is 10.1. The molecule has 1 aromatic rings. The quantitative estimate of drug-likeness (QED) is 0.783. The van der Waals surface area contributed by atoms with Crippen LogP contribution in [-0.2, 0) is 11.3 Å². The standard InChI is InChI=1S/C13H19NO2S/c1-10-5-3-4-6-11(10)9-14-12(13(15)16)7-8-17-2/h3-6,12,14H,7-9H2,1-2H3,(H,15,16). The lowest BCUT2D eigenvalue weighted by Crippen LogP contribution is -2.36. The molecule has 3 nitrogen and oxygen atoms in total. The van der Waals surface area contributed by atoms with E-state index in [4.69, 9.17) is 5.11 Å². The van der Waals surface area contributed by atoms with Gasteiger partial charge in [-0.15, -0.1) is 0 Å². The molecule has 0 aliphatic heterocycles. The fraction of sp³-hybridized carbons (Fsp3) is 0.462. The summed E-state index contributed by atoms with van der Waals surface area (Å²) in [6.07, 6.45) is 2.64. The third kappa shape index (κ3) is 4.79. The Morgan fingerprint density at radius 3 is 2.76 bits per heavy atom. The van der Waals surface area contributed by atoms with Gasteiger partial charge in [-0.1, -0.05) is 24.3 Å². The Balaban J connectivity index is 2.52. The van der Waals surface area contributed by atoms with Gasteiger partial charge in [0, 0.05) is 6.54 Å². The summed E-state index contributed by atoms with van der Waals surface area (Å²) < 4.78 is 0. The lowest BCUT2D eigenvalue weighted by Gasteiger charge is -2.14. The Labute approximate surface area is 107 Å². The molecule has 0 aromatic heterocycles. The third-order valence-electron chi connectivity index (χ3n) is 2.71. The monoisotopic (exact) mass is 253 g/mol. The van der Waals surface area contributed by atoms with Crippen LogP contribution in [0.4, 0.5) is 0 Å². The molecular formula is C13H19NO2S. The van der Waals surface area contributed by atoms with Gasteiger partial charge in [0.25, 0.3) is 0 Å². The van der Waals surface area contributed by atoms with Gasteiger partial charge >= 0.3 is 5.97 Å². The maximum absolute atomic E-state index is 11.0. The number of benzene rings is 1. The summed E-state index contributed by atoms with van der Waals surface area (Å²) in [4.78, 5) is 11.0. The molecule has 0 aliphatic carbocycles. The number of hydrogen-bond donors (Lipinski definition) is 2. The summed E-state index contributed by atoms with van der Waals surface area (Å²) in [6.45, 7) is 2.65. The normalized spacial score (nSPS) is 12.4. The minimum Gasteiger partial charge on any atom is -0.480 e. The number of thioether (sulfide) groups is 1. The highest BCUT2D eigenvalue weighted by Gasteiger charge is 2.15. The van der Waals surface area contributed by atoms with E-state index in [1.165, 1.54) is 5.56 Å². The van der Waals surface area contributed by atoms with Gasteiger partial charge < -0.3 is 10.4 Å². The van der Waals surface area contributed by atoms with E-state index in [1.54, 1.807) is 11.8 Å². The largest absolute Gasteiger partial charge is 0.480 e. The van der Waals surface area contributed by atoms with Gasteiger partial charge in [-0.3, -0.25) is 4.79 Å². The van der Waals surface area contributed by atoms with Crippen molar-refractivity contribution in [2.45, 2.75) is 25.9 Å². The minimum atomic E-state index is -0.771. The molecule has 1 unspecified atom stereocenters. The van der Waals surface area contributed by atoms with Crippen molar-refractivity contribution in [2.24, 2.45) is 0 Å². The second-order valence-electron chi connectivity index (χ2n) is 3.98. The SMILES string of the molecule is CSCCC(NCc1ccccc1C)C(=O)O. The molecule has 0 amide bonds. The van der Waals surface area contributed by atoms with Crippen molar-refractivity contribution in [1.29, 1.82) is 0 Å². The van der Waals surface area contributed by atoms with Crippen molar-refractivity contribution < 1.29 is 9.90 Å². The summed E-state index contributed by atoms with van der Waals surface area (Å²) >= 11 is 1.67. The molecule has 0 spiro atoms. The smallest absolute Gasteiger partial charge is 0.320 e. The van der Waals surface area contributed by atoms with Gasteiger partial charge in [0.2, 0.25) is 0 Å². The van der Waals surface area contributed by atoms with Gasteiger partial charge in [0.05, 0.1) is 0 Å². The molecular weight excluding hydrogens is 234 g/mol. The maximum Gasteiger partial charge on any atom is 0.320 e. The predicted octanol–water partition coefficient (Wildman–Crippen LogP) is 2.29. The van der Waals surface area contributed by atoms with Gasteiger partial charge in [-0.2, -0.15) is 11.8 Å². The van der Waals surface area contributed by atoms with Crippen LogP contribution in [0.5, 0.6) is 0 Å². The summed E-state index contributed by atoms with van der Waals surface area (Å²) in [7, 11) is 0. The van der Waals surface area contributed by atoms with Crippen LogP contribution >= 0.6 is 11.8 Å². The molecule has 1 atom stereocenters. The van der Waals surface area contributed by atoms with Crippen LogP contribution in [-0.4, -0.2) is 29.1 Å². The third-order valence-corrected chi connectivity index (χ3v) is 3.35. The highest BCUT2D eigenvalue weighted by atomic mass is 32.2. The van der Waals surface area contributed by atoms with Crippen molar-refractivity contribution in [3.8, 4) is 0 Å². The number of aliphatic carboxylic acids is 1. The van der Waals surface area contributed by atoms with Crippen LogP contribution in [0.3, 0.4) is 0 Å². The zero-order valence-corrected chi connectivity index (χ0v) is 11.1. The molecule has 1 rings (SSSR count). The molecule has 17 heavy (non-hydrogen) atoms. The van der Waals surface area contributed by atoms with Gasteiger partial charge in [0.15, 0.2) is 0 Å². The molecule has 0 bridgehead atoms. The van der Waals surface area contributed by atoms with Gasteiger partial charge in [-0.05, 0) is 36.5 Å². The molecule has 0 saturated heterocycles. The molecule has 0 radical (unpaired) electrons. The van der Waals surface area contributed by atoms with Crippen LogP contribution in [0.25, 0.3) is 0 Å². The van der Waals surface area contributed by atoms with E-state index in [2.05, 4.69) is 5.32 Å². The number of aryl methyl sites for hydroxylation is 1. The number of carbonyl (C=O) groups is 1. The topological polar surface area (TPSA) is 49.3 Å². The molecule has 1 aromatic carbocycles. The number of carboxylic acids is 1. The minimum absolute atomic E-state index is 0.456. The summed E-state index contributed by atoms with van der Waals surface area (Å²) in [5.74, 6) is 0.0882. The Morgan fingerprint density at radius 1 is 1.47 bits per heavy atom. The average Bonchev–Trinajstić information content (AvgIpc) is 2.31. The number of carboxylic acid groups (broad SMARTS) is 1. The highest BCUT2D eigenvalue weighted by Crippen LogP contribution is 2.08. The zero-order chi connectivity index (χ0) is 12.7. The zero-order valence-electron chi connectivity index (χ0n) is 10.3.